The van der Waals surface area contributed by atoms with Gasteiger partial charge in [0.05, 0.1) is 0 Å². The summed E-state index contributed by atoms with van der Waals surface area (Å²) >= 11 is 3.16. The van der Waals surface area contributed by atoms with Crippen LogP contribution in [0.25, 0.3) is 5.82 Å². The first-order valence-electron chi connectivity index (χ1n) is 3.92. The van der Waals surface area contributed by atoms with Crippen LogP contribution in [-0.2, 0) is 0 Å². The summed E-state index contributed by atoms with van der Waals surface area (Å²) in [6, 6.07) is 1.46. The maximum absolute atomic E-state index is 10.9. The van der Waals surface area contributed by atoms with E-state index in [0.717, 1.165) is 0 Å². The maximum Gasteiger partial charge on any atom is 0.339 e. The molecule has 0 amide bonds. The van der Waals surface area contributed by atoms with Gasteiger partial charge in [-0.3, -0.25) is 0 Å². The molecule has 2 aromatic rings. The molecule has 0 radical (unpaired) electrons. The summed E-state index contributed by atoms with van der Waals surface area (Å²) in [4.78, 5) is 18.7. The van der Waals surface area contributed by atoms with E-state index in [9.17, 15) is 4.79 Å². The molecular weight excluding hydrogens is 264 g/mol. The quantitative estimate of drug-likeness (QED) is 0.883. The predicted octanol–water partition coefficient (Wildman–Crippen LogP) is 1.12. The molecule has 7 heteroatoms. The molecule has 0 atom stereocenters. The average Bonchev–Trinajstić information content (AvgIpc) is 2.70. The fourth-order valence-corrected chi connectivity index (χ4v) is 1.42. The molecule has 0 bridgehead atoms. The molecule has 0 aromatic carbocycles. The largest absolute Gasteiger partial charge is 0.478 e. The summed E-state index contributed by atoms with van der Waals surface area (Å²) in [5, 5.41) is 12.8. The Labute approximate surface area is 92.7 Å². The number of rotatable bonds is 2. The second-order valence-electron chi connectivity index (χ2n) is 2.67. The lowest BCUT2D eigenvalue weighted by Crippen LogP contribution is -2.08. The molecule has 0 saturated heterocycles. The Morgan fingerprint density at radius 1 is 1.53 bits per heavy atom. The topological polar surface area (TPSA) is 80.9 Å². The monoisotopic (exact) mass is 268 g/mol. The molecule has 0 aliphatic rings. The zero-order valence-electron chi connectivity index (χ0n) is 7.33. The van der Waals surface area contributed by atoms with Gasteiger partial charge in [0, 0.05) is 10.7 Å². The highest BCUT2D eigenvalue weighted by Crippen LogP contribution is 2.16. The summed E-state index contributed by atoms with van der Waals surface area (Å²) in [5.41, 5.74) is 0.0647. The highest BCUT2D eigenvalue weighted by Gasteiger charge is 2.13. The Bertz CT molecular complexity index is 497. The van der Waals surface area contributed by atoms with Crippen molar-refractivity contribution >= 4 is 21.9 Å². The minimum absolute atomic E-state index is 0.0647. The molecule has 2 rings (SSSR count). The minimum atomic E-state index is -1.06. The number of carbonyl (C=O) groups is 1. The van der Waals surface area contributed by atoms with Crippen LogP contribution in [0.2, 0.25) is 0 Å². The van der Waals surface area contributed by atoms with E-state index in [4.69, 9.17) is 5.11 Å². The van der Waals surface area contributed by atoms with Gasteiger partial charge in [0.15, 0.2) is 5.82 Å². The Balaban J connectivity index is 2.61. The molecule has 0 saturated carbocycles. The number of aromatic carboxylic acids is 1. The lowest BCUT2D eigenvalue weighted by Gasteiger charge is -2.03. The van der Waals surface area contributed by atoms with Gasteiger partial charge in [0.25, 0.3) is 0 Å². The number of carboxylic acid groups (broad SMARTS) is 1. The van der Waals surface area contributed by atoms with Crippen molar-refractivity contribution in [2.75, 3.05) is 0 Å². The van der Waals surface area contributed by atoms with Gasteiger partial charge in [0.2, 0.25) is 0 Å². The first kappa shape index (κ1) is 9.78. The van der Waals surface area contributed by atoms with Crippen LogP contribution in [0.4, 0.5) is 0 Å². The van der Waals surface area contributed by atoms with E-state index < -0.39 is 5.97 Å². The highest BCUT2D eigenvalue weighted by molar-refractivity contribution is 9.10. The Kier molecular flexibility index (Phi) is 2.46. The van der Waals surface area contributed by atoms with Crippen molar-refractivity contribution in [3.05, 3.63) is 35.0 Å². The van der Waals surface area contributed by atoms with Crippen LogP contribution in [0, 0.1) is 0 Å². The van der Waals surface area contributed by atoms with Crippen LogP contribution in [0.15, 0.2) is 29.4 Å². The Hall–Kier alpha value is -1.76. The molecule has 0 unspecified atom stereocenters. The van der Waals surface area contributed by atoms with E-state index in [0.29, 0.717) is 4.47 Å². The van der Waals surface area contributed by atoms with Crippen molar-refractivity contribution in [2.45, 2.75) is 0 Å². The molecule has 2 aromatic heterocycles. The summed E-state index contributed by atoms with van der Waals surface area (Å²) in [7, 11) is 0. The van der Waals surface area contributed by atoms with E-state index in [-0.39, 0.29) is 11.4 Å². The minimum Gasteiger partial charge on any atom is -0.478 e. The molecule has 6 nitrogen and oxygen atoms in total. The predicted molar refractivity (Wildman–Crippen MR) is 53.8 cm³/mol. The van der Waals surface area contributed by atoms with Crippen LogP contribution in [0.3, 0.4) is 0 Å². The molecule has 1 N–H and O–H groups in total. The fraction of sp³-hybridized carbons (Fsp3) is 0. The van der Waals surface area contributed by atoms with E-state index in [1.807, 2.05) is 0 Å². The normalized spacial score (nSPS) is 10.2. The number of halogens is 1. The summed E-state index contributed by atoms with van der Waals surface area (Å²) in [5.74, 6) is -0.822. The maximum atomic E-state index is 10.9. The number of carboxylic acids is 1. The van der Waals surface area contributed by atoms with E-state index >= 15 is 0 Å². The third kappa shape index (κ3) is 1.86. The van der Waals surface area contributed by atoms with Gasteiger partial charge in [-0.2, -0.15) is 5.10 Å². The van der Waals surface area contributed by atoms with Gasteiger partial charge in [-0.25, -0.2) is 19.4 Å². The van der Waals surface area contributed by atoms with Crippen molar-refractivity contribution in [1.29, 1.82) is 0 Å². The number of hydrogen-bond acceptors (Lipinski definition) is 4. The molecule has 15 heavy (non-hydrogen) atoms. The van der Waals surface area contributed by atoms with Crippen LogP contribution >= 0.6 is 15.9 Å². The fourth-order valence-electron chi connectivity index (χ4n) is 1.09. The lowest BCUT2D eigenvalue weighted by atomic mass is 10.2. The standard InChI is InChI=1S/C8H5BrN4O2/c9-5-1-6(8(14)15)7(11-2-5)13-4-10-3-12-13/h1-4H,(H,14,15). The zero-order valence-corrected chi connectivity index (χ0v) is 8.92. The van der Waals surface area contributed by atoms with Crippen LogP contribution < -0.4 is 0 Å². The number of pyridine rings is 1. The average molecular weight is 269 g/mol. The summed E-state index contributed by atoms with van der Waals surface area (Å²) < 4.78 is 1.90. The van der Waals surface area contributed by atoms with Gasteiger partial charge in [-0.1, -0.05) is 0 Å². The number of hydrogen-bond donors (Lipinski definition) is 1. The second-order valence-corrected chi connectivity index (χ2v) is 3.59. The molecular formula is C8H5BrN4O2. The molecule has 76 valence electrons. The molecule has 0 aliphatic carbocycles. The van der Waals surface area contributed by atoms with Crippen molar-refractivity contribution in [2.24, 2.45) is 0 Å². The highest BCUT2D eigenvalue weighted by atomic mass is 79.9. The van der Waals surface area contributed by atoms with E-state index in [1.54, 1.807) is 0 Å². The molecule has 2 heterocycles. The SMILES string of the molecule is O=C(O)c1cc(Br)cnc1-n1cncn1. The molecule has 0 aliphatic heterocycles. The first-order valence-corrected chi connectivity index (χ1v) is 4.71. The lowest BCUT2D eigenvalue weighted by molar-refractivity contribution is 0.0696. The first-order chi connectivity index (χ1) is 7.18. The summed E-state index contributed by atoms with van der Waals surface area (Å²) in [6.45, 7) is 0. The van der Waals surface area contributed by atoms with Crippen molar-refractivity contribution in [3.63, 3.8) is 0 Å². The van der Waals surface area contributed by atoms with Crippen molar-refractivity contribution in [3.8, 4) is 5.82 Å². The molecule has 0 fully saturated rings. The summed E-state index contributed by atoms with van der Waals surface area (Å²) in [6.07, 6.45) is 4.21. The van der Waals surface area contributed by atoms with Gasteiger partial charge in [-0.05, 0) is 22.0 Å². The van der Waals surface area contributed by atoms with E-state index in [2.05, 4.69) is 31.0 Å². The zero-order chi connectivity index (χ0) is 10.8. The third-order valence-corrected chi connectivity index (χ3v) is 2.13. The Morgan fingerprint density at radius 2 is 2.33 bits per heavy atom. The van der Waals surface area contributed by atoms with Gasteiger partial charge in [-0.15, -0.1) is 0 Å². The molecule has 0 spiro atoms. The van der Waals surface area contributed by atoms with Crippen LogP contribution in [0.5, 0.6) is 0 Å². The van der Waals surface area contributed by atoms with E-state index in [1.165, 1.54) is 29.6 Å². The van der Waals surface area contributed by atoms with Crippen molar-refractivity contribution < 1.29 is 9.90 Å². The van der Waals surface area contributed by atoms with Crippen LogP contribution in [-0.4, -0.2) is 30.8 Å². The van der Waals surface area contributed by atoms with Crippen LogP contribution in [0.1, 0.15) is 10.4 Å². The third-order valence-electron chi connectivity index (χ3n) is 1.70. The van der Waals surface area contributed by atoms with Gasteiger partial charge < -0.3 is 5.11 Å². The number of nitrogens with zero attached hydrogens (tertiary/aromatic N) is 4. The van der Waals surface area contributed by atoms with Crippen molar-refractivity contribution in [1.82, 2.24) is 19.7 Å². The van der Waals surface area contributed by atoms with Gasteiger partial charge >= 0.3 is 5.97 Å². The number of aromatic nitrogens is 4. The van der Waals surface area contributed by atoms with Gasteiger partial charge in [0.1, 0.15) is 18.2 Å². The smallest absolute Gasteiger partial charge is 0.339 e. The second kappa shape index (κ2) is 3.77. The Morgan fingerprint density at radius 3 is 2.93 bits per heavy atom.